The SMILES string of the molecule is CCCCCCCCCCCCCCCCCCCCCCC/C=C/C(O)C(CO)NC(=O)CCCCCCCCCCCCCCCCCCCCCOC(=O)CCCCCCCCCCCCCCCCCC. The molecule has 2 atom stereocenters. The van der Waals surface area contributed by atoms with Gasteiger partial charge in [0.15, 0.2) is 0 Å². The summed E-state index contributed by atoms with van der Waals surface area (Å²) >= 11 is 0. The molecule has 6 nitrogen and oxygen atoms in total. The van der Waals surface area contributed by atoms with Crippen molar-refractivity contribution in [2.75, 3.05) is 13.2 Å². The lowest BCUT2D eigenvalue weighted by Crippen LogP contribution is -2.45. The lowest BCUT2D eigenvalue weighted by molar-refractivity contribution is -0.143. The monoisotopic (exact) mass is 1060 g/mol. The van der Waals surface area contributed by atoms with Crippen LogP contribution in [-0.4, -0.2) is 47.4 Å². The van der Waals surface area contributed by atoms with Crippen molar-refractivity contribution in [1.29, 1.82) is 0 Å². The topological polar surface area (TPSA) is 95.9 Å². The van der Waals surface area contributed by atoms with Crippen LogP contribution in [0.4, 0.5) is 0 Å². The summed E-state index contributed by atoms with van der Waals surface area (Å²) in [5.74, 6) is -0.0529. The van der Waals surface area contributed by atoms with E-state index in [0.717, 1.165) is 38.5 Å². The molecule has 0 saturated carbocycles. The molecule has 0 aromatic heterocycles. The third-order valence-electron chi connectivity index (χ3n) is 16.3. The number of rotatable bonds is 65. The van der Waals surface area contributed by atoms with E-state index >= 15 is 0 Å². The normalized spacial score (nSPS) is 12.5. The molecule has 0 aliphatic heterocycles. The van der Waals surface area contributed by atoms with Crippen LogP contribution in [0.1, 0.15) is 393 Å². The molecule has 0 fully saturated rings. The molecule has 0 radical (unpaired) electrons. The molecule has 3 N–H and O–H groups in total. The molecule has 0 rings (SSSR count). The molecule has 0 aromatic rings. The second-order valence-electron chi connectivity index (χ2n) is 23.9. The molecule has 0 spiro atoms. The van der Waals surface area contributed by atoms with Crippen LogP contribution >= 0.6 is 0 Å². The van der Waals surface area contributed by atoms with Gasteiger partial charge in [-0.25, -0.2) is 0 Å². The predicted octanol–water partition coefficient (Wildman–Crippen LogP) is 22.0. The Bertz CT molecular complexity index is 1130. The van der Waals surface area contributed by atoms with Crippen molar-refractivity contribution in [1.82, 2.24) is 5.32 Å². The van der Waals surface area contributed by atoms with Gasteiger partial charge in [0, 0.05) is 12.8 Å². The maximum Gasteiger partial charge on any atom is 0.305 e. The molecule has 0 saturated heterocycles. The van der Waals surface area contributed by atoms with Gasteiger partial charge in [0.2, 0.25) is 5.91 Å². The molecular weight excluding hydrogens is 923 g/mol. The first-order chi connectivity index (χ1) is 37.0. The quantitative estimate of drug-likeness (QED) is 0.0320. The third-order valence-corrected chi connectivity index (χ3v) is 16.3. The standard InChI is InChI=1S/C69H135NO5/c1-3-5-7-9-11-13-15-17-19-21-22-23-24-25-27-30-33-37-41-45-49-53-57-61-67(72)66(65-71)70-68(73)62-58-54-50-46-42-38-34-31-28-26-29-32-36-40-44-48-52-56-60-64-75-69(74)63-59-55-51-47-43-39-35-20-18-16-14-12-10-8-6-4-2/h57,61,66-67,71-72H,3-56,58-60,62-65H2,1-2H3,(H,70,73)/b61-57+. The van der Waals surface area contributed by atoms with E-state index in [0.29, 0.717) is 19.4 Å². The Morgan fingerprint density at radius 3 is 0.907 bits per heavy atom. The Balaban J connectivity index is 3.41. The van der Waals surface area contributed by atoms with Gasteiger partial charge in [-0.3, -0.25) is 9.59 Å². The number of nitrogens with one attached hydrogen (secondary N) is 1. The second-order valence-corrected chi connectivity index (χ2v) is 23.9. The predicted molar refractivity (Wildman–Crippen MR) is 329 cm³/mol. The zero-order valence-corrected chi connectivity index (χ0v) is 51.1. The highest BCUT2D eigenvalue weighted by atomic mass is 16.5. The first-order valence-electron chi connectivity index (χ1n) is 34.5. The maximum absolute atomic E-state index is 12.5. The van der Waals surface area contributed by atoms with Crippen LogP contribution < -0.4 is 5.32 Å². The molecule has 75 heavy (non-hydrogen) atoms. The average molecular weight is 1060 g/mol. The van der Waals surface area contributed by atoms with E-state index in [2.05, 4.69) is 19.2 Å². The highest BCUT2D eigenvalue weighted by molar-refractivity contribution is 5.76. The van der Waals surface area contributed by atoms with E-state index in [1.54, 1.807) is 6.08 Å². The fourth-order valence-electron chi connectivity index (χ4n) is 11.1. The minimum atomic E-state index is -0.847. The molecule has 0 aliphatic rings. The summed E-state index contributed by atoms with van der Waals surface area (Å²) < 4.78 is 5.50. The van der Waals surface area contributed by atoms with Crippen molar-refractivity contribution in [3.05, 3.63) is 12.2 Å². The lowest BCUT2D eigenvalue weighted by atomic mass is 10.0. The number of carbonyl (C=O) groups excluding carboxylic acids is 2. The van der Waals surface area contributed by atoms with E-state index < -0.39 is 12.1 Å². The number of amides is 1. The summed E-state index contributed by atoms with van der Waals surface area (Å²) in [6.07, 6.45) is 79.9. The fraction of sp³-hybridized carbons (Fsp3) is 0.942. The summed E-state index contributed by atoms with van der Waals surface area (Å²) in [5.41, 5.74) is 0. The van der Waals surface area contributed by atoms with Gasteiger partial charge in [-0.2, -0.15) is 0 Å². The van der Waals surface area contributed by atoms with Crippen LogP contribution in [-0.2, 0) is 14.3 Å². The van der Waals surface area contributed by atoms with Crippen molar-refractivity contribution >= 4 is 11.9 Å². The summed E-state index contributed by atoms with van der Waals surface area (Å²) in [6, 6.07) is -0.631. The number of carbonyl (C=O) groups is 2. The fourth-order valence-corrected chi connectivity index (χ4v) is 11.1. The van der Waals surface area contributed by atoms with Crippen molar-refractivity contribution in [2.24, 2.45) is 0 Å². The van der Waals surface area contributed by atoms with Gasteiger partial charge in [0.1, 0.15) is 0 Å². The van der Waals surface area contributed by atoms with Gasteiger partial charge >= 0.3 is 5.97 Å². The number of hydrogen-bond acceptors (Lipinski definition) is 5. The van der Waals surface area contributed by atoms with E-state index in [4.69, 9.17) is 4.74 Å². The Morgan fingerprint density at radius 2 is 0.613 bits per heavy atom. The molecule has 1 amide bonds. The van der Waals surface area contributed by atoms with Crippen molar-refractivity contribution in [3.8, 4) is 0 Å². The number of esters is 1. The molecular formula is C69H135NO5. The van der Waals surface area contributed by atoms with Crippen molar-refractivity contribution < 1.29 is 24.5 Å². The van der Waals surface area contributed by atoms with E-state index in [1.165, 1.54) is 327 Å². The summed E-state index contributed by atoms with van der Waals surface area (Å²) in [6.45, 7) is 4.94. The van der Waals surface area contributed by atoms with Crippen molar-refractivity contribution in [3.63, 3.8) is 0 Å². The Morgan fingerprint density at radius 1 is 0.360 bits per heavy atom. The number of allylic oxidation sites excluding steroid dienone is 1. The highest BCUT2D eigenvalue weighted by Crippen LogP contribution is 2.19. The molecule has 0 bridgehead atoms. The van der Waals surface area contributed by atoms with Gasteiger partial charge in [0.05, 0.1) is 25.4 Å². The Hall–Kier alpha value is -1.40. The molecule has 6 heteroatoms. The zero-order valence-electron chi connectivity index (χ0n) is 51.1. The first kappa shape index (κ1) is 73.6. The summed E-state index contributed by atoms with van der Waals surface area (Å²) in [7, 11) is 0. The molecule has 0 aliphatic carbocycles. The zero-order chi connectivity index (χ0) is 54.3. The minimum Gasteiger partial charge on any atom is -0.466 e. The van der Waals surface area contributed by atoms with Gasteiger partial charge in [0.25, 0.3) is 0 Å². The van der Waals surface area contributed by atoms with Gasteiger partial charge in [-0.1, -0.05) is 360 Å². The smallest absolute Gasteiger partial charge is 0.305 e. The number of aliphatic hydroxyl groups is 2. The van der Waals surface area contributed by atoms with Gasteiger partial charge in [-0.15, -0.1) is 0 Å². The number of unbranched alkanes of at least 4 members (excludes halogenated alkanes) is 54. The van der Waals surface area contributed by atoms with Crippen LogP contribution in [0.2, 0.25) is 0 Å². The Labute approximate surface area is 469 Å². The van der Waals surface area contributed by atoms with Crippen LogP contribution in [0.3, 0.4) is 0 Å². The van der Waals surface area contributed by atoms with Crippen LogP contribution in [0.25, 0.3) is 0 Å². The van der Waals surface area contributed by atoms with Crippen molar-refractivity contribution in [2.45, 2.75) is 405 Å². The second kappa shape index (κ2) is 65.1. The van der Waals surface area contributed by atoms with Gasteiger partial charge in [-0.05, 0) is 32.1 Å². The van der Waals surface area contributed by atoms with Crippen LogP contribution in [0, 0.1) is 0 Å². The third kappa shape index (κ3) is 61.7. The summed E-state index contributed by atoms with van der Waals surface area (Å²) in [4.78, 5) is 24.6. The minimum absolute atomic E-state index is 0.0130. The van der Waals surface area contributed by atoms with E-state index in [1.807, 2.05) is 6.08 Å². The largest absolute Gasteiger partial charge is 0.466 e. The van der Waals surface area contributed by atoms with Crippen LogP contribution in [0.15, 0.2) is 12.2 Å². The molecule has 2 unspecified atom stereocenters. The average Bonchev–Trinajstić information content (AvgIpc) is 3.41. The number of ether oxygens (including phenoxy) is 1. The van der Waals surface area contributed by atoms with Gasteiger partial charge < -0.3 is 20.3 Å². The lowest BCUT2D eigenvalue weighted by Gasteiger charge is -2.20. The number of aliphatic hydroxyl groups excluding tert-OH is 2. The van der Waals surface area contributed by atoms with E-state index in [9.17, 15) is 19.8 Å². The summed E-state index contributed by atoms with van der Waals surface area (Å²) in [5, 5.41) is 23.3. The number of hydrogen-bond donors (Lipinski definition) is 3. The van der Waals surface area contributed by atoms with E-state index in [-0.39, 0.29) is 18.5 Å². The molecule has 0 heterocycles. The Kier molecular flexibility index (Phi) is 63.9. The first-order valence-corrected chi connectivity index (χ1v) is 34.5. The van der Waals surface area contributed by atoms with Crippen LogP contribution in [0.5, 0.6) is 0 Å². The maximum atomic E-state index is 12.5. The highest BCUT2D eigenvalue weighted by Gasteiger charge is 2.18. The molecule has 446 valence electrons. The molecule has 0 aromatic carbocycles.